The third-order valence-electron chi connectivity index (χ3n) is 3.22. The summed E-state index contributed by atoms with van der Waals surface area (Å²) in [7, 11) is 0. The quantitative estimate of drug-likeness (QED) is 0.648. The molecular formula is C17H18BrF. The molecule has 2 aromatic carbocycles. The van der Waals surface area contributed by atoms with Crippen LogP contribution >= 0.6 is 15.9 Å². The maximum Gasteiger partial charge on any atom is 0.131 e. The number of rotatable bonds is 5. The summed E-state index contributed by atoms with van der Waals surface area (Å²) in [6.07, 6.45) is 3.06. The maximum atomic E-state index is 14.1. The van der Waals surface area contributed by atoms with E-state index < -0.39 is 0 Å². The Morgan fingerprint density at radius 1 is 0.947 bits per heavy atom. The highest BCUT2D eigenvalue weighted by molar-refractivity contribution is 9.09. The minimum absolute atomic E-state index is 0.137. The number of aryl methyl sites for hydroxylation is 2. The normalized spacial score (nSPS) is 10.7. The molecule has 0 heterocycles. The topological polar surface area (TPSA) is 0 Å². The van der Waals surface area contributed by atoms with Gasteiger partial charge >= 0.3 is 0 Å². The van der Waals surface area contributed by atoms with Crippen molar-refractivity contribution in [2.75, 3.05) is 5.33 Å². The van der Waals surface area contributed by atoms with Crippen LogP contribution in [0.4, 0.5) is 4.39 Å². The molecule has 0 spiro atoms. The maximum absolute atomic E-state index is 14.1. The number of hydrogen-bond donors (Lipinski definition) is 0. The van der Waals surface area contributed by atoms with Gasteiger partial charge in [-0.3, -0.25) is 0 Å². The molecule has 0 bridgehead atoms. The van der Waals surface area contributed by atoms with Crippen LogP contribution in [0.2, 0.25) is 0 Å². The zero-order valence-corrected chi connectivity index (χ0v) is 12.7. The molecule has 0 amide bonds. The molecule has 0 saturated carbocycles. The average Bonchev–Trinajstić information content (AvgIpc) is 2.41. The van der Waals surface area contributed by atoms with Gasteiger partial charge in [0.25, 0.3) is 0 Å². The van der Waals surface area contributed by atoms with Crippen molar-refractivity contribution in [3.63, 3.8) is 0 Å². The van der Waals surface area contributed by atoms with Crippen LogP contribution in [0.3, 0.4) is 0 Å². The fourth-order valence-corrected chi connectivity index (χ4v) is 2.65. The molecule has 0 atom stereocenters. The van der Waals surface area contributed by atoms with E-state index in [1.165, 1.54) is 5.56 Å². The Hall–Kier alpha value is -1.15. The summed E-state index contributed by atoms with van der Waals surface area (Å²) in [4.78, 5) is 0. The summed E-state index contributed by atoms with van der Waals surface area (Å²) in [6.45, 7) is 2.16. The Bertz CT molecular complexity index is 531. The molecule has 0 radical (unpaired) electrons. The van der Waals surface area contributed by atoms with E-state index in [2.05, 4.69) is 35.0 Å². The highest BCUT2D eigenvalue weighted by Gasteiger charge is 2.06. The van der Waals surface area contributed by atoms with Crippen LogP contribution in [0.25, 0.3) is 11.1 Å². The molecule has 0 aliphatic carbocycles. The standard InChI is InChI=1S/C17H18BrF/c1-2-3-13-4-7-15(8-5-13)16-9-6-14(10-11-18)12-17(16)19/h4-9,12H,2-3,10-11H2,1H3. The summed E-state index contributed by atoms with van der Waals surface area (Å²) in [6, 6.07) is 13.7. The first kappa shape index (κ1) is 14.3. The molecule has 2 heteroatoms. The second-order valence-electron chi connectivity index (χ2n) is 4.70. The molecule has 0 aliphatic heterocycles. The lowest BCUT2D eigenvalue weighted by Gasteiger charge is -2.07. The highest BCUT2D eigenvalue weighted by atomic mass is 79.9. The molecule has 0 nitrogen and oxygen atoms in total. The van der Waals surface area contributed by atoms with Crippen molar-refractivity contribution >= 4 is 15.9 Å². The first-order valence-corrected chi connectivity index (χ1v) is 7.80. The number of halogens is 2. The van der Waals surface area contributed by atoms with E-state index in [9.17, 15) is 4.39 Å². The molecule has 0 saturated heterocycles. The average molecular weight is 321 g/mol. The monoisotopic (exact) mass is 320 g/mol. The van der Waals surface area contributed by atoms with Gasteiger partial charge in [0.1, 0.15) is 5.82 Å². The summed E-state index contributed by atoms with van der Waals surface area (Å²) >= 11 is 3.37. The van der Waals surface area contributed by atoms with E-state index in [0.29, 0.717) is 5.56 Å². The van der Waals surface area contributed by atoms with Crippen LogP contribution in [0.1, 0.15) is 24.5 Å². The lowest BCUT2D eigenvalue weighted by Crippen LogP contribution is -1.91. The number of benzene rings is 2. The van der Waals surface area contributed by atoms with Gasteiger partial charge in [-0.2, -0.15) is 0 Å². The molecule has 0 fully saturated rings. The van der Waals surface area contributed by atoms with Crippen LogP contribution < -0.4 is 0 Å². The van der Waals surface area contributed by atoms with Crippen molar-refractivity contribution in [3.8, 4) is 11.1 Å². The first-order chi connectivity index (χ1) is 9.24. The number of alkyl halides is 1. The lowest BCUT2D eigenvalue weighted by molar-refractivity contribution is 0.629. The van der Waals surface area contributed by atoms with Gasteiger partial charge in [-0.15, -0.1) is 0 Å². The van der Waals surface area contributed by atoms with Crippen molar-refractivity contribution in [3.05, 3.63) is 59.4 Å². The molecule has 2 rings (SSSR count). The molecule has 0 N–H and O–H groups in total. The molecular weight excluding hydrogens is 303 g/mol. The van der Waals surface area contributed by atoms with Gasteiger partial charge in [0.2, 0.25) is 0 Å². The van der Waals surface area contributed by atoms with Crippen LogP contribution in [0.5, 0.6) is 0 Å². The second kappa shape index (κ2) is 6.85. The van der Waals surface area contributed by atoms with E-state index in [1.807, 2.05) is 24.3 Å². The fourth-order valence-electron chi connectivity index (χ4n) is 2.20. The fraction of sp³-hybridized carbons (Fsp3) is 0.294. The third kappa shape index (κ3) is 3.66. The Morgan fingerprint density at radius 3 is 2.21 bits per heavy atom. The Kier molecular flexibility index (Phi) is 5.15. The zero-order chi connectivity index (χ0) is 13.7. The van der Waals surface area contributed by atoms with Gasteiger partial charge in [-0.25, -0.2) is 4.39 Å². The van der Waals surface area contributed by atoms with Crippen LogP contribution in [0, 0.1) is 5.82 Å². The predicted molar refractivity (Wildman–Crippen MR) is 83.3 cm³/mol. The second-order valence-corrected chi connectivity index (χ2v) is 5.49. The van der Waals surface area contributed by atoms with Gasteiger partial charge in [-0.05, 0) is 35.6 Å². The van der Waals surface area contributed by atoms with E-state index in [0.717, 1.165) is 35.7 Å². The molecule has 0 aliphatic rings. The van der Waals surface area contributed by atoms with Crippen LogP contribution in [-0.4, -0.2) is 5.33 Å². The minimum Gasteiger partial charge on any atom is -0.206 e. The lowest BCUT2D eigenvalue weighted by atomic mass is 10.00. The van der Waals surface area contributed by atoms with Gasteiger partial charge < -0.3 is 0 Å². The van der Waals surface area contributed by atoms with E-state index in [1.54, 1.807) is 6.07 Å². The minimum atomic E-state index is -0.137. The molecule has 0 aromatic heterocycles. The third-order valence-corrected chi connectivity index (χ3v) is 3.62. The van der Waals surface area contributed by atoms with Crippen molar-refractivity contribution in [2.24, 2.45) is 0 Å². The molecule has 0 unspecified atom stereocenters. The van der Waals surface area contributed by atoms with Gasteiger partial charge in [0.05, 0.1) is 0 Å². The van der Waals surface area contributed by atoms with Gasteiger partial charge in [-0.1, -0.05) is 65.7 Å². The van der Waals surface area contributed by atoms with Crippen molar-refractivity contribution in [2.45, 2.75) is 26.2 Å². The van der Waals surface area contributed by atoms with E-state index in [4.69, 9.17) is 0 Å². The summed E-state index contributed by atoms with van der Waals surface area (Å²) < 4.78 is 14.1. The van der Waals surface area contributed by atoms with E-state index >= 15 is 0 Å². The van der Waals surface area contributed by atoms with E-state index in [-0.39, 0.29) is 5.82 Å². The summed E-state index contributed by atoms with van der Waals surface area (Å²) in [5.74, 6) is -0.137. The highest BCUT2D eigenvalue weighted by Crippen LogP contribution is 2.24. The molecule has 100 valence electrons. The Morgan fingerprint density at radius 2 is 1.63 bits per heavy atom. The van der Waals surface area contributed by atoms with Gasteiger partial charge in [0.15, 0.2) is 0 Å². The van der Waals surface area contributed by atoms with Crippen molar-refractivity contribution in [1.82, 2.24) is 0 Å². The predicted octanol–water partition coefficient (Wildman–Crippen LogP) is 5.38. The Labute approximate surface area is 122 Å². The first-order valence-electron chi connectivity index (χ1n) is 6.68. The molecule has 2 aromatic rings. The van der Waals surface area contributed by atoms with Crippen LogP contribution in [-0.2, 0) is 12.8 Å². The molecule has 19 heavy (non-hydrogen) atoms. The zero-order valence-electron chi connectivity index (χ0n) is 11.1. The Balaban J connectivity index is 2.25. The number of hydrogen-bond acceptors (Lipinski definition) is 0. The summed E-state index contributed by atoms with van der Waals surface area (Å²) in [5.41, 5.74) is 3.97. The van der Waals surface area contributed by atoms with Gasteiger partial charge in [0, 0.05) is 10.9 Å². The summed E-state index contributed by atoms with van der Waals surface area (Å²) in [5, 5.41) is 0.859. The smallest absolute Gasteiger partial charge is 0.131 e. The largest absolute Gasteiger partial charge is 0.206 e. The van der Waals surface area contributed by atoms with Crippen LogP contribution in [0.15, 0.2) is 42.5 Å². The SMILES string of the molecule is CCCc1ccc(-c2ccc(CCBr)cc2F)cc1. The van der Waals surface area contributed by atoms with Crippen molar-refractivity contribution < 1.29 is 4.39 Å². The van der Waals surface area contributed by atoms with Crippen molar-refractivity contribution in [1.29, 1.82) is 0 Å².